The second-order valence-electron chi connectivity index (χ2n) is 9.40. The third-order valence-corrected chi connectivity index (χ3v) is 6.90. The molecule has 0 spiro atoms. The van der Waals surface area contributed by atoms with Gasteiger partial charge in [0.15, 0.2) is 0 Å². The molecule has 202 valence electrons. The van der Waals surface area contributed by atoms with Crippen LogP contribution in [0.5, 0.6) is 17.2 Å². The van der Waals surface area contributed by atoms with Crippen LogP contribution in [0.4, 0.5) is 0 Å². The fourth-order valence-corrected chi connectivity index (χ4v) is 4.93. The number of fused-ring (bicyclic) bond motifs is 1. The number of aromatic hydroxyl groups is 1. The van der Waals surface area contributed by atoms with E-state index in [1.54, 1.807) is 24.7 Å². The van der Waals surface area contributed by atoms with Crippen molar-refractivity contribution in [3.8, 4) is 17.2 Å². The predicted octanol–water partition coefficient (Wildman–Crippen LogP) is 4.15. The predicted molar refractivity (Wildman–Crippen MR) is 143 cm³/mol. The van der Waals surface area contributed by atoms with E-state index < -0.39 is 11.9 Å². The number of hydrogen-bond donors (Lipinski definition) is 1. The van der Waals surface area contributed by atoms with E-state index in [0.717, 1.165) is 17.7 Å². The number of pyridine rings is 1. The molecule has 2 heterocycles. The summed E-state index contributed by atoms with van der Waals surface area (Å²) in [6.07, 6.45) is 2.11. The topological polar surface area (TPSA) is 96.2 Å². The number of rotatable bonds is 12. The number of carbonyl (C=O) groups excluding carboxylic acids is 1. The normalized spacial score (nSPS) is 13.0. The monoisotopic (exact) mass is 521 g/mol. The smallest absolute Gasteiger partial charge is 0.306 e. The number of nitrogens with zero attached hydrogens (tertiary/aromatic N) is 1. The molecule has 2 aromatic carbocycles. The molecular formula is C30H35NO7. The highest BCUT2D eigenvalue weighted by Crippen LogP contribution is 2.37. The van der Waals surface area contributed by atoms with Crippen molar-refractivity contribution in [3.05, 3.63) is 86.8 Å². The van der Waals surface area contributed by atoms with Crippen LogP contribution >= 0.6 is 0 Å². The number of hydrogen-bond acceptors (Lipinski definition) is 7. The maximum atomic E-state index is 13.7. The number of aromatic nitrogens is 1. The fraction of sp³-hybridized carbons (Fsp3) is 0.400. The minimum Gasteiger partial charge on any atom is -0.507 e. The Labute approximate surface area is 222 Å². The van der Waals surface area contributed by atoms with Crippen molar-refractivity contribution in [1.82, 2.24) is 4.57 Å². The highest BCUT2D eigenvalue weighted by atomic mass is 16.5. The van der Waals surface area contributed by atoms with Gasteiger partial charge in [-0.05, 0) is 42.7 Å². The highest BCUT2D eigenvalue weighted by molar-refractivity contribution is 5.72. The van der Waals surface area contributed by atoms with Gasteiger partial charge in [0.2, 0.25) is 0 Å². The van der Waals surface area contributed by atoms with Gasteiger partial charge < -0.3 is 28.6 Å². The zero-order chi connectivity index (χ0) is 27.1. The zero-order valence-electron chi connectivity index (χ0n) is 22.2. The lowest BCUT2D eigenvalue weighted by Gasteiger charge is -2.22. The van der Waals surface area contributed by atoms with Crippen LogP contribution in [-0.4, -0.2) is 49.7 Å². The summed E-state index contributed by atoms with van der Waals surface area (Å²) >= 11 is 0. The van der Waals surface area contributed by atoms with E-state index in [-0.39, 0.29) is 23.3 Å². The van der Waals surface area contributed by atoms with E-state index >= 15 is 0 Å². The molecule has 0 radical (unpaired) electrons. The van der Waals surface area contributed by atoms with Crippen LogP contribution in [0.25, 0.3) is 0 Å². The van der Waals surface area contributed by atoms with Crippen molar-refractivity contribution in [2.45, 2.75) is 45.1 Å². The molecule has 0 fully saturated rings. The van der Waals surface area contributed by atoms with Gasteiger partial charge in [-0.25, -0.2) is 0 Å². The summed E-state index contributed by atoms with van der Waals surface area (Å²) in [5.41, 5.74) is 3.43. The Bertz CT molecular complexity index is 1330. The molecule has 1 aliphatic rings. The third kappa shape index (κ3) is 6.19. The van der Waals surface area contributed by atoms with Gasteiger partial charge in [-0.3, -0.25) is 9.59 Å². The van der Waals surface area contributed by atoms with Gasteiger partial charge in [-0.2, -0.15) is 0 Å². The zero-order valence-corrected chi connectivity index (χ0v) is 22.2. The maximum Gasteiger partial charge on any atom is 0.306 e. The summed E-state index contributed by atoms with van der Waals surface area (Å²) < 4.78 is 23.5. The van der Waals surface area contributed by atoms with E-state index in [0.29, 0.717) is 56.2 Å². The summed E-state index contributed by atoms with van der Waals surface area (Å²) in [6, 6.07) is 15.1. The molecule has 0 aliphatic carbocycles. The SMILES string of the molecule is COCCCn1c(C)cc(O)c(C(CC(=O)OC)c2ccccc2OCCc2ccc3c(c2)CCO3)c1=O. The Morgan fingerprint density at radius 2 is 1.95 bits per heavy atom. The van der Waals surface area contributed by atoms with Crippen molar-refractivity contribution in [1.29, 1.82) is 0 Å². The molecule has 3 aromatic rings. The molecule has 0 saturated carbocycles. The number of carbonyl (C=O) groups is 1. The van der Waals surface area contributed by atoms with Crippen molar-refractivity contribution in [2.24, 2.45) is 0 Å². The summed E-state index contributed by atoms with van der Waals surface area (Å²) in [5.74, 6) is 0.0975. The van der Waals surface area contributed by atoms with Gasteiger partial charge >= 0.3 is 5.97 Å². The largest absolute Gasteiger partial charge is 0.507 e. The molecule has 0 amide bonds. The van der Waals surface area contributed by atoms with Crippen LogP contribution < -0.4 is 15.0 Å². The van der Waals surface area contributed by atoms with E-state index in [1.807, 2.05) is 36.4 Å². The van der Waals surface area contributed by atoms with Crippen LogP contribution in [0.2, 0.25) is 0 Å². The van der Waals surface area contributed by atoms with Crippen LogP contribution in [-0.2, 0) is 33.7 Å². The number of ether oxygens (including phenoxy) is 4. The Balaban J connectivity index is 1.64. The molecule has 8 nitrogen and oxygen atoms in total. The first-order valence-electron chi connectivity index (χ1n) is 12.9. The summed E-state index contributed by atoms with van der Waals surface area (Å²) in [7, 11) is 2.92. The van der Waals surface area contributed by atoms with E-state index in [9.17, 15) is 14.7 Å². The third-order valence-electron chi connectivity index (χ3n) is 6.90. The molecular weight excluding hydrogens is 486 g/mol. The Morgan fingerprint density at radius 1 is 1.13 bits per heavy atom. The first-order chi connectivity index (χ1) is 18.4. The summed E-state index contributed by atoms with van der Waals surface area (Å²) in [6.45, 7) is 3.82. The second-order valence-corrected chi connectivity index (χ2v) is 9.40. The first kappa shape index (κ1) is 27.3. The van der Waals surface area contributed by atoms with Crippen molar-refractivity contribution < 1.29 is 28.8 Å². The fourth-order valence-electron chi connectivity index (χ4n) is 4.93. The van der Waals surface area contributed by atoms with E-state index in [1.165, 1.54) is 12.7 Å². The maximum absolute atomic E-state index is 13.7. The standard InChI is InChI=1S/C30H35NO7/c1-20-17-25(32)29(30(34)31(20)13-6-14-35-2)24(19-28(33)36-3)23-7-4-5-8-27(23)38-15-11-21-9-10-26-22(18-21)12-16-37-26/h4-5,7-10,17-18,24,32H,6,11-16,19H2,1-3H3. The summed E-state index contributed by atoms with van der Waals surface area (Å²) in [4.78, 5) is 26.1. The van der Waals surface area contributed by atoms with Gasteiger partial charge in [0.25, 0.3) is 5.56 Å². The van der Waals surface area contributed by atoms with Crippen LogP contribution in [0.1, 0.15) is 46.7 Å². The number of aryl methyl sites for hydroxylation is 1. The highest BCUT2D eigenvalue weighted by Gasteiger charge is 2.29. The van der Waals surface area contributed by atoms with Crippen molar-refractivity contribution in [3.63, 3.8) is 0 Å². The molecule has 4 rings (SSSR count). The quantitative estimate of drug-likeness (QED) is 0.283. The molecule has 1 aromatic heterocycles. The minimum absolute atomic E-state index is 0.119. The Morgan fingerprint density at radius 3 is 2.74 bits per heavy atom. The van der Waals surface area contributed by atoms with Gasteiger partial charge in [-0.15, -0.1) is 0 Å². The van der Waals surface area contributed by atoms with Crippen LogP contribution in [0.15, 0.2) is 53.3 Å². The lowest BCUT2D eigenvalue weighted by Crippen LogP contribution is -2.29. The molecule has 1 aliphatic heterocycles. The van der Waals surface area contributed by atoms with Gasteiger partial charge in [-0.1, -0.05) is 30.3 Å². The molecule has 0 saturated heterocycles. The van der Waals surface area contributed by atoms with Crippen LogP contribution in [0.3, 0.4) is 0 Å². The number of para-hydroxylation sites is 1. The number of methoxy groups -OCH3 is 2. The van der Waals surface area contributed by atoms with Gasteiger partial charge in [0, 0.05) is 50.3 Å². The lowest BCUT2D eigenvalue weighted by atomic mass is 9.87. The number of benzene rings is 2. The van der Waals surface area contributed by atoms with Crippen molar-refractivity contribution >= 4 is 5.97 Å². The van der Waals surface area contributed by atoms with E-state index in [4.69, 9.17) is 18.9 Å². The molecule has 38 heavy (non-hydrogen) atoms. The van der Waals surface area contributed by atoms with Crippen LogP contribution in [0, 0.1) is 6.92 Å². The Kier molecular flexibility index (Phi) is 9.07. The molecule has 8 heteroatoms. The lowest BCUT2D eigenvalue weighted by molar-refractivity contribution is -0.140. The molecule has 1 atom stereocenters. The van der Waals surface area contributed by atoms with Crippen molar-refractivity contribution in [2.75, 3.05) is 34.0 Å². The summed E-state index contributed by atoms with van der Waals surface area (Å²) in [5, 5.41) is 10.9. The van der Waals surface area contributed by atoms with E-state index in [2.05, 4.69) is 6.07 Å². The molecule has 1 N–H and O–H groups in total. The van der Waals surface area contributed by atoms with Gasteiger partial charge in [0.1, 0.15) is 17.2 Å². The minimum atomic E-state index is -0.752. The average molecular weight is 522 g/mol. The molecule has 0 bridgehead atoms. The first-order valence-corrected chi connectivity index (χ1v) is 12.9. The average Bonchev–Trinajstić information content (AvgIpc) is 3.38. The number of esters is 1. The van der Waals surface area contributed by atoms with Gasteiger partial charge in [0.05, 0.1) is 32.3 Å². The Hall–Kier alpha value is -3.78. The molecule has 1 unspecified atom stereocenters. The second kappa shape index (κ2) is 12.6.